The Hall–Kier alpha value is -2.81. The molecule has 9 heteroatoms. The van der Waals surface area contributed by atoms with Gasteiger partial charge in [0.25, 0.3) is 0 Å². The molecule has 0 spiro atoms. The molecule has 3 saturated heterocycles. The zero-order valence-corrected chi connectivity index (χ0v) is 21.6. The highest BCUT2D eigenvalue weighted by molar-refractivity contribution is 6.01. The minimum Gasteiger partial charge on any atom is -0.446 e. The monoisotopic (exact) mass is 497 g/mol. The molecule has 5 rings (SSSR count). The Bertz CT molecular complexity index is 971. The number of anilines is 2. The molecule has 3 atom stereocenters. The van der Waals surface area contributed by atoms with E-state index >= 15 is 0 Å². The lowest BCUT2D eigenvalue weighted by Gasteiger charge is -2.35. The lowest BCUT2D eigenvalue weighted by molar-refractivity contribution is -0.133. The van der Waals surface area contributed by atoms with Gasteiger partial charge in [0, 0.05) is 67.9 Å². The van der Waals surface area contributed by atoms with E-state index in [0.29, 0.717) is 30.6 Å². The van der Waals surface area contributed by atoms with E-state index in [4.69, 9.17) is 4.74 Å². The van der Waals surface area contributed by atoms with Crippen LogP contribution < -0.4 is 20.9 Å². The van der Waals surface area contributed by atoms with Crippen LogP contribution in [0.4, 0.5) is 16.2 Å². The molecule has 1 aliphatic carbocycles. The van der Waals surface area contributed by atoms with E-state index in [9.17, 15) is 14.4 Å². The lowest BCUT2D eigenvalue weighted by atomic mass is 9.95. The van der Waals surface area contributed by atoms with Crippen molar-refractivity contribution in [2.75, 3.05) is 42.9 Å². The van der Waals surface area contributed by atoms with E-state index in [1.807, 2.05) is 32.9 Å². The van der Waals surface area contributed by atoms with Crippen molar-refractivity contribution in [1.29, 1.82) is 0 Å². The molecule has 4 fully saturated rings. The molecule has 9 nitrogen and oxygen atoms in total. The van der Waals surface area contributed by atoms with Gasteiger partial charge in [-0.05, 0) is 70.2 Å². The van der Waals surface area contributed by atoms with Gasteiger partial charge in [0.1, 0.15) is 12.1 Å². The standard InChI is InChI=1S/C27H39N5O4/c1-27(2,3)30-26(35)36-24-20-15-31(16-21(20)24)14-17-10-12-32(13-11-17)19-6-4-18(5-7-19)28-22-8-9-23(33)29-25(22)34/h4-7,17,20-22,24,28H,8-16H2,1-3H3,(H,30,35)(H,29,33,34). The average molecular weight is 498 g/mol. The molecular formula is C27H39N5O4. The highest BCUT2D eigenvalue weighted by atomic mass is 16.6. The Morgan fingerprint density at radius 3 is 2.33 bits per heavy atom. The van der Waals surface area contributed by atoms with Gasteiger partial charge in [0.2, 0.25) is 11.8 Å². The van der Waals surface area contributed by atoms with Crippen LogP contribution in [-0.2, 0) is 14.3 Å². The Morgan fingerprint density at radius 1 is 1.06 bits per heavy atom. The summed E-state index contributed by atoms with van der Waals surface area (Å²) in [5.74, 6) is 1.26. The second kappa shape index (κ2) is 9.92. The van der Waals surface area contributed by atoms with Crippen LogP contribution in [0.5, 0.6) is 0 Å². The number of alkyl carbamates (subject to hydrolysis) is 1. The van der Waals surface area contributed by atoms with Gasteiger partial charge in [-0.25, -0.2) is 4.79 Å². The maximum atomic E-state index is 12.0. The number of nitrogens with zero attached hydrogens (tertiary/aromatic N) is 2. The van der Waals surface area contributed by atoms with E-state index in [2.05, 4.69) is 37.9 Å². The fourth-order valence-corrected chi connectivity index (χ4v) is 5.88. The summed E-state index contributed by atoms with van der Waals surface area (Å²) in [5, 5.41) is 8.52. The predicted octanol–water partition coefficient (Wildman–Crippen LogP) is 2.58. The summed E-state index contributed by atoms with van der Waals surface area (Å²) < 4.78 is 5.65. The van der Waals surface area contributed by atoms with Crippen molar-refractivity contribution in [3.8, 4) is 0 Å². The second-order valence-electron chi connectivity index (χ2n) is 11.9. The van der Waals surface area contributed by atoms with Crippen LogP contribution >= 0.6 is 0 Å². The van der Waals surface area contributed by atoms with Crippen molar-refractivity contribution in [3.63, 3.8) is 0 Å². The number of carbonyl (C=O) groups excluding carboxylic acids is 3. The van der Waals surface area contributed by atoms with Crippen molar-refractivity contribution in [2.24, 2.45) is 17.8 Å². The quantitative estimate of drug-likeness (QED) is 0.519. The van der Waals surface area contributed by atoms with E-state index in [1.165, 1.54) is 18.5 Å². The molecule has 0 radical (unpaired) electrons. The van der Waals surface area contributed by atoms with Crippen molar-refractivity contribution >= 4 is 29.3 Å². The number of amides is 3. The van der Waals surface area contributed by atoms with E-state index in [0.717, 1.165) is 38.4 Å². The third-order valence-corrected chi connectivity index (χ3v) is 7.85. The van der Waals surface area contributed by atoms with Gasteiger partial charge >= 0.3 is 6.09 Å². The molecule has 0 aromatic heterocycles. The number of hydrogen-bond acceptors (Lipinski definition) is 7. The number of fused-ring (bicyclic) bond motifs is 1. The first kappa shape index (κ1) is 24.9. The number of nitrogens with one attached hydrogen (secondary N) is 3. The van der Waals surface area contributed by atoms with Crippen molar-refractivity contribution < 1.29 is 19.1 Å². The van der Waals surface area contributed by atoms with Gasteiger partial charge in [-0.3, -0.25) is 14.9 Å². The van der Waals surface area contributed by atoms with E-state index in [-0.39, 0.29) is 35.6 Å². The summed E-state index contributed by atoms with van der Waals surface area (Å²) in [6.45, 7) is 11.2. The molecule has 0 bridgehead atoms. The molecule has 3 N–H and O–H groups in total. The van der Waals surface area contributed by atoms with Gasteiger partial charge in [-0.2, -0.15) is 0 Å². The first-order chi connectivity index (χ1) is 17.1. The third-order valence-electron chi connectivity index (χ3n) is 7.85. The molecule has 3 heterocycles. The molecule has 36 heavy (non-hydrogen) atoms. The third kappa shape index (κ3) is 5.94. The number of ether oxygens (including phenoxy) is 1. The van der Waals surface area contributed by atoms with E-state index in [1.54, 1.807) is 0 Å². The van der Waals surface area contributed by atoms with Crippen LogP contribution in [0.2, 0.25) is 0 Å². The normalized spacial score (nSPS) is 28.9. The number of benzene rings is 1. The maximum Gasteiger partial charge on any atom is 0.407 e. The van der Waals surface area contributed by atoms with Crippen molar-refractivity contribution in [1.82, 2.24) is 15.5 Å². The molecule has 1 saturated carbocycles. The Kier molecular flexibility index (Phi) is 6.85. The van der Waals surface area contributed by atoms with Gasteiger partial charge in [-0.15, -0.1) is 0 Å². The number of piperidine rings is 3. The first-order valence-corrected chi connectivity index (χ1v) is 13.3. The molecule has 196 valence electrons. The molecule has 3 unspecified atom stereocenters. The largest absolute Gasteiger partial charge is 0.446 e. The molecule has 3 aliphatic heterocycles. The minimum atomic E-state index is -0.358. The number of carbonyl (C=O) groups is 3. The van der Waals surface area contributed by atoms with Gasteiger partial charge in [-0.1, -0.05) is 0 Å². The van der Waals surface area contributed by atoms with Crippen LogP contribution in [0.3, 0.4) is 0 Å². The molecular weight excluding hydrogens is 458 g/mol. The fourth-order valence-electron chi connectivity index (χ4n) is 5.88. The lowest BCUT2D eigenvalue weighted by Crippen LogP contribution is -2.47. The minimum absolute atomic E-state index is 0.0953. The number of hydrogen-bond donors (Lipinski definition) is 3. The summed E-state index contributed by atoms with van der Waals surface area (Å²) >= 11 is 0. The summed E-state index contributed by atoms with van der Waals surface area (Å²) in [7, 11) is 0. The summed E-state index contributed by atoms with van der Waals surface area (Å²) in [6, 6.07) is 7.89. The fraction of sp³-hybridized carbons (Fsp3) is 0.667. The van der Waals surface area contributed by atoms with E-state index < -0.39 is 0 Å². The SMILES string of the molecule is CC(C)(C)NC(=O)OC1C2CN(CC3CCN(c4ccc(NC5CCC(=O)NC5=O)cc4)CC3)CC21. The highest BCUT2D eigenvalue weighted by Crippen LogP contribution is 2.48. The molecule has 3 amide bonds. The Balaban J connectivity index is 1.01. The maximum absolute atomic E-state index is 12.0. The van der Waals surface area contributed by atoms with Gasteiger partial charge < -0.3 is 25.2 Å². The smallest absolute Gasteiger partial charge is 0.407 e. The summed E-state index contributed by atoms with van der Waals surface area (Å²) in [5.41, 5.74) is 1.84. The van der Waals surface area contributed by atoms with Crippen LogP contribution in [0.1, 0.15) is 46.5 Å². The number of rotatable bonds is 6. The second-order valence-corrected chi connectivity index (χ2v) is 11.9. The zero-order valence-electron chi connectivity index (χ0n) is 21.6. The summed E-state index contributed by atoms with van der Waals surface area (Å²) in [4.78, 5) is 40.3. The van der Waals surface area contributed by atoms with Crippen LogP contribution in [-0.4, -0.2) is 73.2 Å². The highest BCUT2D eigenvalue weighted by Gasteiger charge is 2.58. The Labute approximate surface area is 213 Å². The topological polar surface area (TPSA) is 103 Å². The summed E-state index contributed by atoms with van der Waals surface area (Å²) in [6.07, 6.45) is 3.06. The van der Waals surface area contributed by atoms with Crippen molar-refractivity contribution in [3.05, 3.63) is 24.3 Å². The van der Waals surface area contributed by atoms with Crippen LogP contribution in [0.25, 0.3) is 0 Å². The number of imide groups is 1. The molecule has 1 aromatic carbocycles. The van der Waals surface area contributed by atoms with Crippen molar-refractivity contribution in [2.45, 2.75) is 64.1 Å². The molecule has 4 aliphatic rings. The Morgan fingerprint density at radius 2 is 1.72 bits per heavy atom. The zero-order chi connectivity index (χ0) is 25.4. The van der Waals surface area contributed by atoms with Gasteiger partial charge in [0.15, 0.2) is 0 Å². The first-order valence-electron chi connectivity index (χ1n) is 13.3. The number of likely N-dealkylation sites (tertiary alicyclic amines) is 1. The van der Waals surface area contributed by atoms with Crippen LogP contribution in [0.15, 0.2) is 24.3 Å². The van der Waals surface area contributed by atoms with Crippen LogP contribution in [0, 0.1) is 17.8 Å². The molecule has 1 aromatic rings. The van der Waals surface area contributed by atoms with Gasteiger partial charge in [0.05, 0.1) is 0 Å². The predicted molar refractivity (Wildman–Crippen MR) is 138 cm³/mol. The average Bonchev–Trinajstić information content (AvgIpc) is 3.24.